The van der Waals surface area contributed by atoms with Crippen LogP contribution in [0.25, 0.3) is 0 Å². The minimum Gasteiger partial charge on any atom is -0.384 e. The van der Waals surface area contributed by atoms with Crippen LogP contribution in [0.5, 0.6) is 0 Å². The molecule has 0 bridgehead atoms. The second-order valence-corrected chi connectivity index (χ2v) is 4.53. The Morgan fingerprint density at radius 2 is 2.15 bits per heavy atom. The summed E-state index contributed by atoms with van der Waals surface area (Å²) in [6.07, 6.45) is 2.33. The Labute approximate surface area is 76.0 Å². The van der Waals surface area contributed by atoms with Gasteiger partial charge in [-0.3, -0.25) is 5.41 Å². The molecule has 0 saturated carbocycles. The molecule has 0 aromatic carbocycles. The van der Waals surface area contributed by atoms with E-state index in [0.29, 0.717) is 5.56 Å². The molecule has 0 radical (unpaired) electrons. The summed E-state index contributed by atoms with van der Waals surface area (Å²) in [6, 6.07) is 2.78. The average Bonchev–Trinajstić information content (AvgIpc) is 2.03. The molecular formula is C7H9N3O2S. The number of amidine groups is 1. The van der Waals surface area contributed by atoms with Crippen LogP contribution >= 0.6 is 0 Å². The number of hydrogen-bond donors (Lipinski definition) is 2. The monoisotopic (exact) mass is 199 g/mol. The molecule has 1 aromatic rings. The fourth-order valence-corrected chi connectivity index (χ4v) is 1.32. The van der Waals surface area contributed by atoms with Gasteiger partial charge in [0, 0.05) is 18.0 Å². The van der Waals surface area contributed by atoms with Gasteiger partial charge in [-0.1, -0.05) is 0 Å². The van der Waals surface area contributed by atoms with Crippen LogP contribution in [-0.2, 0) is 9.84 Å². The van der Waals surface area contributed by atoms with Gasteiger partial charge in [-0.15, -0.1) is 0 Å². The number of nitrogen functional groups attached to an aromatic ring is 1. The Balaban J connectivity index is 3.16. The molecule has 1 aromatic heterocycles. The highest BCUT2D eigenvalue weighted by Crippen LogP contribution is 2.05. The van der Waals surface area contributed by atoms with E-state index in [1.165, 1.54) is 18.3 Å². The summed E-state index contributed by atoms with van der Waals surface area (Å²) in [6.45, 7) is 0. The number of nitrogens with zero attached hydrogens (tertiary/aromatic N) is 1. The molecule has 0 aliphatic rings. The average molecular weight is 199 g/mol. The van der Waals surface area contributed by atoms with Gasteiger partial charge in [-0.2, -0.15) is 0 Å². The van der Waals surface area contributed by atoms with E-state index in [-0.39, 0.29) is 10.9 Å². The molecule has 1 rings (SSSR count). The molecule has 0 aliphatic heterocycles. The van der Waals surface area contributed by atoms with Crippen LogP contribution in [0.2, 0.25) is 0 Å². The second kappa shape index (κ2) is 3.14. The predicted molar refractivity (Wildman–Crippen MR) is 48.4 cm³/mol. The van der Waals surface area contributed by atoms with Gasteiger partial charge < -0.3 is 5.73 Å². The highest BCUT2D eigenvalue weighted by atomic mass is 32.2. The van der Waals surface area contributed by atoms with Gasteiger partial charge in [-0.25, -0.2) is 13.4 Å². The lowest BCUT2D eigenvalue weighted by Gasteiger charge is -1.99. The van der Waals surface area contributed by atoms with Gasteiger partial charge in [0.15, 0.2) is 14.9 Å². The van der Waals surface area contributed by atoms with Crippen molar-refractivity contribution in [1.82, 2.24) is 4.98 Å². The summed E-state index contributed by atoms with van der Waals surface area (Å²) >= 11 is 0. The zero-order valence-electron chi connectivity index (χ0n) is 6.98. The van der Waals surface area contributed by atoms with E-state index in [4.69, 9.17) is 11.1 Å². The number of rotatable bonds is 2. The highest BCUT2D eigenvalue weighted by molar-refractivity contribution is 7.90. The van der Waals surface area contributed by atoms with Crippen molar-refractivity contribution in [3.63, 3.8) is 0 Å². The number of nitrogens with two attached hydrogens (primary N) is 1. The number of pyridine rings is 1. The summed E-state index contributed by atoms with van der Waals surface area (Å²) in [5.41, 5.74) is 5.58. The standard InChI is InChI=1S/C7H9N3O2S/c1-13(11,12)6-3-2-5(4-10-6)7(8)9/h2-4H,1H3,(H3,8,9). The van der Waals surface area contributed by atoms with Gasteiger partial charge in [0.25, 0.3) is 0 Å². The van der Waals surface area contributed by atoms with Crippen molar-refractivity contribution in [3.05, 3.63) is 23.9 Å². The highest BCUT2D eigenvalue weighted by Gasteiger charge is 2.08. The lowest BCUT2D eigenvalue weighted by molar-refractivity contribution is 0.598. The third-order valence-electron chi connectivity index (χ3n) is 1.43. The number of hydrogen-bond acceptors (Lipinski definition) is 4. The van der Waals surface area contributed by atoms with E-state index in [0.717, 1.165) is 6.26 Å². The number of sulfone groups is 1. The minimum atomic E-state index is -3.27. The van der Waals surface area contributed by atoms with E-state index >= 15 is 0 Å². The first-order valence-electron chi connectivity index (χ1n) is 3.42. The maximum absolute atomic E-state index is 11.0. The Morgan fingerprint density at radius 3 is 2.46 bits per heavy atom. The molecule has 6 heteroatoms. The van der Waals surface area contributed by atoms with Crippen LogP contribution in [0.3, 0.4) is 0 Å². The molecule has 0 atom stereocenters. The summed E-state index contributed by atoms with van der Waals surface area (Å²) in [4.78, 5) is 3.66. The van der Waals surface area contributed by atoms with Crippen LogP contribution in [0.1, 0.15) is 5.56 Å². The van der Waals surface area contributed by atoms with Gasteiger partial charge in [-0.05, 0) is 12.1 Å². The Bertz CT molecular complexity index is 422. The van der Waals surface area contributed by atoms with Crippen molar-refractivity contribution >= 4 is 15.7 Å². The van der Waals surface area contributed by atoms with Crippen molar-refractivity contribution in [3.8, 4) is 0 Å². The number of nitrogens with one attached hydrogen (secondary N) is 1. The summed E-state index contributed by atoms with van der Waals surface area (Å²) in [5.74, 6) is -0.132. The SMILES string of the molecule is CS(=O)(=O)c1ccc(C(=N)N)cn1. The van der Waals surface area contributed by atoms with Crippen molar-refractivity contribution in [2.24, 2.45) is 5.73 Å². The summed E-state index contributed by atoms with van der Waals surface area (Å²) in [5, 5.41) is 7.03. The first kappa shape index (κ1) is 9.66. The van der Waals surface area contributed by atoms with Crippen molar-refractivity contribution in [2.45, 2.75) is 5.03 Å². The van der Waals surface area contributed by atoms with E-state index in [2.05, 4.69) is 4.98 Å². The van der Waals surface area contributed by atoms with Crippen LogP contribution in [0.15, 0.2) is 23.4 Å². The van der Waals surface area contributed by atoms with Gasteiger partial charge >= 0.3 is 0 Å². The first-order chi connectivity index (χ1) is 5.91. The molecular weight excluding hydrogens is 190 g/mol. The van der Waals surface area contributed by atoms with Crippen LogP contribution in [0.4, 0.5) is 0 Å². The molecule has 0 fully saturated rings. The Kier molecular flexibility index (Phi) is 2.33. The van der Waals surface area contributed by atoms with E-state index in [1.54, 1.807) is 0 Å². The minimum absolute atomic E-state index is 0.0162. The van der Waals surface area contributed by atoms with Gasteiger partial charge in [0.2, 0.25) is 0 Å². The maximum atomic E-state index is 11.0. The lowest BCUT2D eigenvalue weighted by Crippen LogP contribution is -2.12. The molecule has 0 saturated heterocycles. The predicted octanol–water partition coefficient (Wildman–Crippen LogP) is -0.231. The summed E-state index contributed by atoms with van der Waals surface area (Å²) in [7, 11) is -3.27. The topological polar surface area (TPSA) is 96.9 Å². The van der Waals surface area contributed by atoms with Crippen molar-refractivity contribution < 1.29 is 8.42 Å². The molecule has 0 spiro atoms. The van der Waals surface area contributed by atoms with E-state index < -0.39 is 9.84 Å². The van der Waals surface area contributed by atoms with Gasteiger partial charge in [0.1, 0.15) is 5.84 Å². The zero-order valence-corrected chi connectivity index (χ0v) is 7.80. The lowest BCUT2D eigenvalue weighted by atomic mass is 10.3. The fraction of sp³-hybridized carbons (Fsp3) is 0.143. The third kappa shape index (κ3) is 2.25. The smallest absolute Gasteiger partial charge is 0.192 e. The van der Waals surface area contributed by atoms with Crippen molar-refractivity contribution in [2.75, 3.05) is 6.26 Å². The Morgan fingerprint density at radius 1 is 1.54 bits per heavy atom. The summed E-state index contributed by atoms with van der Waals surface area (Å²) < 4.78 is 21.9. The molecule has 1 heterocycles. The molecule has 0 amide bonds. The zero-order chi connectivity index (χ0) is 10.1. The first-order valence-corrected chi connectivity index (χ1v) is 5.31. The molecule has 3 N–H and O–H groups in total. The Hall–Kier alpha value is -1.43. The third-order valence-corrected chi connectivity index (χ3v) is 2.43. The molecule has 5 nitrogen and oxygen atoms in total. The van der Waals surface area contributed by atoms with Crippen LogP contribution in [-0.4, -0.2) is 25.5 Å². The largest absolute Gasteiger partial charge is 0.384 e. The second-order valence-electron chi connectivity index (χ2n) is 2.57. The van der Waals surface area contributed by atoms with E-state index in [1.807, 2.05) is 0 Å². The van der Waals surface area contributed by atoms with Crippen LogP contribution in [0, 0.1) is 5.41 Å². The van der Waals surface area contributed by atoms with Crippen LogP contribution < -0.4 is 5.73 Å². The van der Waals surface area contributed by atoms with E-state index in [9.17, 15) is 8.42 Å². The molecule has 0 aliphatic carbocycles. The molecule has 0 unspecified atom stereocenters. The molecule has 70 valence electrons. The fourth-order valence-electron chi connectivity index (χ4n) is 0.759. The molecule has 13 heavy (non-hydrogen) atoms. The van der Waals surface area contributed by atoms with Gasteiger partial charge in [0.05, 0.1) is 0 Å². The van der Waals surface area contributed by atoms with Crippen molar-refractivity contribution in [1.29, 1.82) is 5.41 Å². The number of aromatic nitrogens is 1. The quantitative estimate of drug-likeness (QED) is 0.507. The maximum Gasteiger partial charge on any atom is 0.192 e. The normalized spacial score (nSPS) is 11.2.